The summed E-state index contributed by atoms with van der Waals surface area (Å²) in [4.78, 5) is 11.5. The molecule has 0 radical (unpaired) electrons. The van der Waals surface area contributed by atoms with Crippen molar-refractivity contribution in [2.24, 2.45) is 5.41 Å². The first-order valence-corrected chi connectivity index (χ1v) is 5.87. The van der Waals surface area contributed by atoms with E-state index in [2.05, 4.69) is 14.4 Å². The number of nitrogens with two attached hydrogens (primary N) is 1. The summed E-state index contributed by atoms with van der Waals surface area (Å²) in [6.45, 7) is 4.36. The average Bonchev–Trinajstić information content (AvgIpc) is 2.67. The maximum Gasteiger partial charge on any atom is 0.344 e. The fourth-order valence-electron chi connectivity index (χ4n) is 1.10. The highest BCUT2D eigenvalue weighted by Gasteiger charge is 2.22. The predicted molar refractivity (Wildman–Crippen MR) is 67.2 cm³/mol. The van der Waals surface area contributed by atoms with E-state index >= 15 is 0 Å². The van der Waals surface area contributed by atoms with Crippen LogP contribution in [0.2, 0.25) is 0 Å². The topological polar surface area (TPSA) is 97.5 Å². The van der Waals surface area contributed by atoms with Crippen molar-refractivity contribution in [1.29, 1.82) is 0 Å². The minimum Gasteiger partial charge on any atom is -0.465 e. The molecule has 0 spiro atoms. The molecule has 0 aromatic carbocycles. The fourth-order valence-corrected chi connectivity index (χ4v) is 1.79. The number of aliphatic hydroxyl groups excluding tert-OH is 1. The van der Waals surface area contributed by atoms with Gasteiger partial charge in [0.2, 0.25) is 0 Å². The minimum absolute atomic E-state index is 0.0435. The first kappa shape index (κ1) is 13.7. The van der Waals surface area contributed by atoms with Crippen LogP contribution in [0.15, 0.2) is 0 Å². The van der Waals surface area contributed by atoms with Crippen molar-refractivity contribution in [3.8, 4) is 0 Å². The Morgan fingerprint density at radius 3 is 2.82 bits per heavy atom. The van der Waals surface area contributed by atoms with Crippen molar-refractivity contribution in [3.05, 3.63) is 5.56 Å². The lowest BCUT2D eigenvalue weighted by atomic mass is 9.95. The quantitative estimate of drug-likeness (QED) is 0.681. The lowest BCUT2D eigenvalue weighted by molar-refractivity contribution is 0.0603. The summed E-state index contributed by atoms with van der Waals surface area (Å²) in [5, 5.41) is 12.8. The highest BCUT2D eigenvalue weighted by Crippen LogP contribution is 2.28. The van der Waals surface area contributed by atoms with Crippen LogP contribution in [0.3, 0.4) is 0 Å². The lowest BCUT2D eigenvalue weighted by Crippen LogP contribution is -2.27. The Hall–Kier alpha value is -1.34. The number of rotatable bonds is 5. The summed E-state index contributed by atoms with van der Waals surface area (Å²) in [7, 11) is 1.29. The normalized spacial score (nSPS) is 11.3. The lowest BCUT2D eigenvalue weighted by Gasteiger charge is -2.22. The first-order valence-electron chi connectivity index (χ1n) is 5.09. The molecule has 96 valence electrons. The molecule has 0 amide bonds. The highest BCUT2D eigenvalue weighted by atomic mass is 32.1. The van der Waals surface area contributed by atoms with Crippen LogP contribution in [-0.2, 0) is 4.74 Å². The predicted octanol–water partition coefficient (Wildman–Crippen LogP) is 0.942. The zero-order valence-corrected chi connectivity index (χ0v) is 10.9. The highest BCUT2D eigenvalue weighted by molar-refractivity contribution is 7.11. The van der Waals surface area contributed by atoms with Crippen LogP contribution < -0.4 is 11.1 Å². The molecule has 0 aliphatic rings. The number of aromatic nitrogens is 1. The molecule has 1 heterocycles. The number of anilines is 2. The molecule has 7 heteroatoms. The van der Waals surface area contributed by atoms with Gasteiger partial charge in [-0.1, -0.05) is 13.8 Å². The zero-order valence-electron chi connectivity index (χ0n) is 10.1. The Balaban J connectivity index is 2.82. The van der Waals surface area contributed by atoms with Crippen molar-refractivity contribution in [2.45, 2.75) is 13.8 Å². The molecule has 17 heavy (non-hydrogen) atoms. The maximum atomic E-state index is 11.5. The summed E-state index contributed by atoms with van der Waals surface area (Å²) < 4.78 is 8.54. The number of ether oxygens (including phenoxy) is 1. The Morgan fingerprint density at radius 2 is 2.29 bits per heavy atom. The summed E-state index contributed by atoms with van der Waals surface area (Å²) >= 11 is 1.10. The Labute approximate surface area is 104 Å². The van der Waals surface area contributed by atoms with Crippen molar-refractivity contribution in [2.75, 3.05) is 31.3 Å². The summed E-state index contributed by atoms with van der Waals surface area (Å²) in [6.07, 6.45) is 0. The maximum absolute atomic E-state index is 11.5. The van der Waals surface area contributed by atoms with Gasteiger partial charge >= 0.3 is 5.97 Å². The van der Waals surface area contributed by atoms with Gasteiger partial charge < -0.3 is 20.9 Å². The molecular formula is C10H17N3O3S. The molecule has 1 aromatic heterocycles. The standard InChI is InChI=1S/C10H17N3O3S/c1-10(2,5-14)4-12-8-6(9(15)16-3)7(11)13-17-8/h12,14H,4-5H2,1-3H3,(H2,11,13). The van der Waals surface area contributed by atoms with E-state index in [-0.39, 0.29) is 23.4 Å². The number of nitrogens with one attached hydrogen (secondary N) is 1. The molecule has 0 atom stereocenters. The van der Waals surface area contributed by atoms with E-state index < -0.39 is 5.97 Å². The van der Waals surface area contributed by atoms with Gasteiger partial charge in [0, 0.05) is 18.6 Å². The van der Waals surface area contributed by atoms with Crippen LogP contribution in [0.5, 0.6) is 0 Å². The molecule has 1 aromatic rings. The number of nitrogen functional groups attached to an aromatic ring is 1. The van der Waals surface area contributed by atoms with E-state index in [1.54, 1.807) is 0 Å². The molecule has 0 saturated carbocycles. The zero-order chi connectivity index (χ0) is 13.1. The van der Waals surface area contributed by atoms with E-state index in [9.17, 15) is 4.79 Å². The molecule has 1 rings (SSSR count). The molecule has 6 nitrogen and oxygen atoms in total. The molecule has 0 aliphatic carbocycles. The molecule has 0 unspecified atom stereocenters. The van der Waals surface area contributed by atoms with E-state index in [0.717, 1.165) is 11.5 Å². The van der Waals surface area contributed by atoms with Crippen LogP contribution in [-0.4, -0.2) is 35.7 Å². The second kappa shape index (κ2) is 5.33. The molecule has 0 saturated heterocycles. The molecule has 0 aliphatic heterocycles. The van der Waals surface area contributed by atoms with E-state index in [1.165, 1.54) is 7.11 Å². The number of aliphatic hydroxyl groups is 1. The van der Waals surface area contributed by atoms with Gasteiger partial charge in [-0.05, 0) is 11.5 Å². The number of carbonyl (C=O) groups is 1. The Morgan fingerprint density at radius 1 is 1.65 bits per heavy atom. The van der Waals surface area contributed by atoms with Gasteiger partial charge in [-0.3, -0.25) is 0 Å². The van der Waals surface area contributed by atoms with Crippen LogP contribution in [0.1, 0.15) is 24.2 Å². The molecule has 4 N–H and O–H groups in total. The van der Waals surface area contributed by atoms with E-state index in [4.69, 9.17) is 10.8 Å². The van der Waals surface area contributed by atoms with Crippen LogP contribution >= 0.6 is 11.5 Å². The minimum atomic E-state index is -0.513. The number of hydrogen-bond donors (Lipinski definition) is 3. The van der Waals surface area contributed by atoms with Gasteiger partial charge in [-0.2, -0.15) is 4.37 Å². The third kappa shape index (κ3) is 3.31. The number of methoxy groups -OCH3 is 1. The summed E-state index contributed by atoms with van der Waals surface area (Å²) in [6, 6.07) is 0. The van der Waals surface area contributed by atoms with Crippen LogP contribution in [0, 0.1) is 5.41 Å². The number of hydrogen-bond acceptors (Lipinski definition) is 7. The number of nitrogens with zero attached hydrogens (tertiary/aromatic N) is 1. The van der Waals surface area contributed by atoms with Crippen LogP contribution in [0.4, 0.5) is 10.8 Å². The van der Waals surface area contributed by atoms with Crippen molar-refractivity contribution in [1.82, 2.24) is 4.37 Å². The van der Waals surface area contributed by atoms with Gasteiger partial charge in [0.05, 0.1) is 7.11 Å². The number of esters is 1. The van der Waals surface area contributed by atoms with Crippen molar-refractivity contribution < 1.29 is 14.6 Å². The first-order chi connectivity index (χ1) is 7.91. The Bertz CT molecular complexity index is 404. The van der Waals surface area contributed by atoms with E-state index in [0.29, 0.717) is 11.5 Å². The molecule has 0 fully saturated rings. The second-order valence-electron chi connectivity index (χ2n) is 4.44. The second-order valence-corrected chi connectivity index (χ2v) is 5.21. The van der Waals surface area contributed by atoms with Gasteiger partial charge in [0.25, 0.3) is 0 Å². The van der Waals surface area contributed by atoms with Crippen molar-refractivity contribution >= 4 is 28.3 Å². The monoisotopic (exact) mass is 259 g/mol. The largest absolute Gasteiger partial charge is 0.465 e. The third-order valence-corrected chi connectivity index (χ3v) is 3.08. The van der Waals surface area contributed by atoms with Gasteiger partial charge in [-0.15, -0.1) is 0 Å². The van der Waals surface area contributed by atoms with Crippen LogP contribution in [0.25, 0.3) is 0 Å². The van der Waals surface area contributed by atoms with Crippen molar-refractivity contribution in [3.63, 3.8) is 0 Å². The van der Waals surface area contributed by atoms with Gasteiger partial charge in [0.15, 0.2) is 5.82 Å². The summed E-state index contributed by atoms with van der Waals surface area (Å²) in [5.41, 5.74) is 5.57. The molecule has 0 bridgehead atoms. The SMILES string of the molecule is COC(=O)c1c(N)nsc1NCC(C)(C)CO. The average molecular weight is 259 g/mol. The third-order valence-electron chi connectivity index (χ3n) is 2.26. The number of carbonyl (C=O) groups excluding carboxylic acids is 1. The van der Waals surface area contributed by atoms with Gasteiger partial charge in [0.1, 0.15) is 10.6 Å². The smallest absolute Gasteiger partial charge is 0.344 e. The molecular weight excluding hydrogens is 242 g/mol. The Kier molecular flexibility index (Phi) is 4.30. The fraction of sp³-hybridized carbons (Fsp3) is 0.600. The summed E-state index contributed by atoms with van der Waals surface area (Å²) in [5.74, 6) is -0.355. The van der Waals surface area contributed by atoms with E-state index in [1.807, 2.05) is 13.8 Å². The van der Waals surface area contributed by atoms with Gasteiger partial charge in [-0.25, -0.2) is 4.79 Å².